The van der Waals surface area contributed by atoms with Gasteiger partial charge < -0.3 is 10.1 Å². The van der Waals surface area contributed by atoms with Crippen molar-refractivity contribution in [3.8, 4) is 0 Å². The Labute approximate surface area is 110 Å². The van der Waals surface area contributed by atoms with Gasteiger partial charge in [0.25, 0.3) is 5.91 Å². The van der Waals surface area contributed by atoms with Crippen LogP contribution in [0, 0.1) is 0 Å². The molecule has 1 N–H and O–H groups in total. The lowest BCUT2D eigenvalue weighted by atomic mass is 10.2. The Hall–Kier alpha value is -0.840. The monoisotopic (exact) mass is 276 g/mol. The molecular weight excluding hydrogens is 263 g/mol. The first-order chi connectivity index (χ1) is 8.15. The van der Waals surface area contributed by atoms with Gasteiger partial charge in [-0.15, -0.1) is 0 Å². The number of carbonyl (C=O) groups is 1. The van der Waals surface area contributed by atoms with Gasteiger partial charge in [0.05, 0.1) is 10.6 Å². The zero-order valence-corrected chi connectivity index (χ0v) is 11.0. The van der Waals surface area contributed by atoms with Crippen LogP contribution in [-0.4, -0.2) is 31.2 Å². The second kappa shape index (κ2) is 7.48. The molecule has 6 heteroatoms. The van der Waals surface area contributed by atoms with E-state index in [0.29, 0.717) is 18.7 Å². The number of unbranched alkanes of at least 4 members (excludes halogenated alkanes) is 1. The average molecular weight is 277 g/mol. The van der Waals surface area contributed by atoms with E-state index in [1.165, 1.54) is 12.3 Å². The largest absolute Gasteiger partial charge is 0.385 e. The van der Waals surface area contributed by atoms with Crippen LogP contribution in [0.3, 0.4) is 0 Å². The maximum atomic E-state index is 11.7. The van der Waals surface area contributed by atoms with Crippen molar-refractivity contribution in [3.05, 3.63) is 28.0 Å². The number of hydrogen-bond donors (Lipinski definition) is 1. The highest BCUT2D eigenvalue weighted by atomic mass is 35.5. The first-order valence-electron chi connectivity index (χ1n) is 5.23. The van der Waals surface area contributed by atoms with Gasteiger partial charge in [-0.3, -0.25) is 4.79 Å². The van der Waals surface area contributed by atoms with Crippen LogP contribution >= 0.6 is 23.2 Å². The zero-order chi connectivity index (χ0) is 12.7. The van der Waals surface area contributed by atoms with Gasteiger partial charge >= 0.3 is 0 Å². The molecule has 0 saturated carbocycles. The van der Waals surface area contributed by atoms with Crippen molar-refractivity contribution >= 4 is 29.1 Å². The summed E-state index contributed by atoms with van der Waals surface area (Å²) in [6.07, 6.45) is 3.18. The molecule has 0 fully saturated rings. The van der Waals surface area contributed by atoms with Crippen LogP contribution in [0.1, 0.15) is 23.2 Å². The Balaban J connectivity index is 2.39. The van der Waals surface area contributed by atoms with Crippen molar-refractivity contribution in [2.75, 3.05) is 20.3 Å². The van der Waals surface area contributed by atoms with Crippen LogP contribution in [0.4, 0.5) is 0 Å². The minimum atomic E-state index is -0.200. The van der Waals surface area contributed by atoms with Gasteiger partial charge in [-0.05, 0) is 18.9 Å². The highest BCUT2D eigenvalue weighted by Crippen LogP contribution is 2.19. The third-order valence-electron chi connectivity index (χ3n) is 2.12. The van der Waals surface area contributed by atoms with Crippen LogP contribution < -0.4 is 5.32 Å². The van der Waals surface area contributed by atoms with E-state index in [-0.39, 0.29) is 16.1 Å². The number of aromatic nitrogens is 1. The number of methoxy groups -OCH3 is 1. The topological polar surface area (TPSA) is 51.2 Å². The van der Waals surface area contributed by atoms with Crippen molar-refractivity contribution in [1.29, 1.82) is 0 Å². The molecule has 1 aromatic heterocycles. The lowest BCUT2D eigenvalue weighted by Crippen LogP contribution is -2.24. The summed E-state index contributed by atoms with van der Waals surface area (Å²) in [6.45, 7) is 1.30. The molecule has 17 heavy (non-hydrogen) atoms. The molecule has 0 saturated heterocycles. The zero-order valence-electron chi connectivity index (χ0n) is 9.50. The summed E-state index contributed by atoms with van der Waals surface area (Å²) in [5.41, 5.74) is 0.408. The van der Waals surface area contributed by atoms with Gasteiger partial charge in [0.15, 0.2) is 0 Å². The number of nitrogens with one attached hydrogen (secondary N) is 1. The number of rotatable bonds is 6. The van der Waals surface area contributed by atoms with Crippen molar-refractivity contribution in [1.82, 2.24) is 10.3 Å². The number of nitrogens with zero attached hydrogens (tertiary/aromatic N) is 1. The summed E-state index contributed by atoms with van der Waals surface area (Å²) in [5, 5.41) is 3.24. The quantitative estimate of drug-likeness (QED) is 0.642. The van der Waals surface area contributed by atoms with Crippen LogP contribution in [0.5, 0.6) is 0 Å². The van der Waals surface area contributed by atoms with Gasteiger partial charge in [-0.2, -0.15) is 0 Å². The third kappa shape index (κ3) is 4.89. The molecule has 0 aromatic carbocycles. The molecule has 0 aliphatic heterocycles. The lowest BCUT2D eigenvalue weighted by molar-refractivity contribution is 0.0951. The number of hydrogen-bond acceptors (Lipinski definition) is 3. The van der Waals surface area contributed by atoms with Crippen LogP contribution in [0.25, 0.3) is 0 Å². The molecule has 0 aliphatic rings. The fourth-order valence-corrected chi connectivity index (χ4v) is 1.49. The number of pyridine rings is 1. The lowest BCUT2D eigenvalue weighted by Gasteiger charge is -2.05. The van der Waals surface area contributed by atoms with E-state index in [1.807, 2.05) is 0 Å². The normalized spacial score (nSPS) is 10.3. The smallest absolute Gasteiger partial charge is 0.252 e. The number of ether oxygens (including phenoxy) is 1. The van der Waals surface area contributed by atoms with Crippen molar-refractivity contribution in [2.24, 2.45) is 0 Å². The number of halogens is 2. The summed E-state index contributed by atoms with van der Waals surface area (Å²) in [5.74, 6) is -0.200. The molecule has 0 aliphatic carbocycles. The van der Waals surface area contributed by atoms with E-state index in [2.05, 4.69) is 10.3 Å². The second-order valence-corrected chi connectivity index (χ2v) is 4.22. The van der Waals surface area contributed by atoms with Gasteiger partial charge in [0, 0.05) is 26.5 Å². The molecule has 4 nitrogen and oxygen atoms in total. The predicted octanol–water partition coefficient (Wildman–Crippen LogP) is 2.54. The minimum absolute atomic E-state index is 0.198. The summed E-state index contributed by atoms with van der Waals surface area (Å²) in [6, 6.07) is 1.50. The van der Waals surface area contributed by atoms with Crippen LogP contribution in [-0.2, 0) is 4.74 Å². The Morgan fingerprint density at radius 3 is 2.88 bits per heavy atom. The Morgan fingerprint density at radius 1 is 1.47 bits per heavy atom. The molecule has 1 amide bonds. The summed E-state index contributed by atoms with van der Waals surface area (Å²) in [7, 11) is 1.65. The van der Waals surface area contributed by atoms with Gasteiger partial charge in [0.2, 0.25) is 0 Å². The van der Waals surface area contributed by atoms with Crippen molar-refractivity contribution in [3.63, 3.8) is 0 Å². The number of amides is 1. The van der Waals surface area contributed by atoms with E-state index < -0.39 is 0 Å². The SMILES string of the molecule is COCCCCNC(=O)c1cnc(Cl)c(Cl)c1. The molecule has 94 valence electrons. The Kier molecular flexibility index (Phi) is 6.26. The van der Waals surface area contributed by atoms with Gasteiger partial charge in [0.1, 0.15) is 5.15 Å². The molecule has 0 spiro atoms. The third-order valence-corrected chi connectivity index (χ3v) is 2.81. The maximum Gasteiger partial charge on any atom is 0.252 e. The molecule has 1 aromatic rings. The van der Waals surface area contributed by atoms with E-state index in [0.717, 1.165) is 12.8 Å². The summed E-state index contributed by atoms with van der Waals surface area (Å²) >= 11 is 11.4. The van der Waals surface area contributed by atoms with E-state index in [9.17, 15) is 4.79 Å². The highest BCUT2D eigenvalue weighted by molar-refractivity contribution is 6.41. The van der Waals surface area contributed by atoms with Gasteiger partial charge in [-0.25, -0.2) is 4.98 Å². The summed E-state index contributed by atoms with van der Waals surface area (Å²) in [4.78, 5) is 15.5. The molecule has 1 heterocycles. The standard InChI is InChI=1S/C11H14Cl2N2O2/c1-17-5-3-2-4-14-11(16)8-6-9(12)10(13)15-7-8/h6-7H,2-5H2,1H3,(H,14,16). The van der Waals surface area contributed by atoms with E-state index >= 15 is 0 Å². The highest BCUT2D eigenvalue weighted by Gasteiger charge is 2.08. The van der Waals surface area contributed by atoms with E-state index in [4.69, 9.17) is 27.9 Å². The van der Waals surface area contributed by atoms with Crippen molar-refractivity contribution in [2.45, 2.75) is 12.8 Å². The fraction of sp³-hybridized carbons (Fsp3) is 0.455. The number of carbonyl (C=O) groups excluding carboxylic acids is 1. The van der Waals surface area contributed by atoms with E-state index in [1.54, 1.807) is 7.11 Å². The molecule has 1 rings (SSSR count). The Morgan fingerprint density at radius 2 is 2.24 bits per heavy atom. The summed E-state index contributed by atoms with van der Waals surface area (Å²) < 4.78 is 4.91. The molecular formula is C11H14Cl2N2O2. The molecule has 0 atom stereocenters. The predicted molar refractivity (Wildman–Crippen MR) is 67.7 cm³/mol. The molecule has 0 unspecified atom stereocenters. The van der Waals surface area contributed by atoms with Gasteiger partial charge in [-0.1, -0.05) is 23.2 Å². The first kappa shape index (κ1) is 14.2. The molecule has 0 bridgehead atoms. The minimum Gasteiger partial charge on any atom is -0.385 e. The Bertz CT molecular complexity index is 386. The van der Waals surface area contributed by atoms with Crippen LogP contribution in [0.15, 0.2) is 12.3 Å². The fourth-order valence-electron chi connectivity index (χ4n) is 1.22. The molecule has 0 radical (unpaired) electrons. The first-order valence-corrected chi connectivity index (χ1v) is 5.99. The average Bonchev–Trinajstić information content (AvgIpc) is 2.32. The second-order valence-electron chi connectivity index (χ2n) is 3.45. The maximum absolute atomic E-state index is 11.7. The van der Waals surface area contributed by atoms with Crippen molar-refractivity contribution < 1.29 is 9.53 Å². The van der Waals surface area contributed by atoms with Crippen LogP contribution in [0.2, 0.25) is 10.2 Å².